The summed E-state index contributed by atoms with van der Waals surface area (Å²) >= 11 is 5.98. The highest BCUT2D eigenvalue weighted by Gasteiger charge is 2.32. The molecule has 1 aromatic carbocycles. The molecule has 0 heterocycles. The van der Waals surface area contributed by atoms with Crippen LogP contribution in [0.3, 0.4) is 0 Å². The maximum absolute atomic E-state index is 12.8. The van der Waals surface area contributed by atoms with Crippen LogP contribution >= 0.6 is 11.6 Å². The average Bonchev–Trinajstić information content (AvgIpc) is 3.21. The minimum atomic E-state index is -3.55. The number of hydrogen-bond donors (Lipinski definition) is 1. The van der Waals surface area contributed by atoms with Crippen molar-refractivity contribution in [2.75, 3.05) is 13.1 Å². The minimum absolute atomic E-state index is 0.205. The molecule has 0 aromatic heterocycles. The van der Waals surface area contributed by atoms with Gasteiger partial charge >= 0.3 is 0 Å². The highest BCUT2D eigenvalue weighted by molar-refractivity contribution is 7.89. The molecule has 0 radical (unpaired) electrons. The quantitative estimate of drug-likeness (QED) is 0.877. The summed E-state index contributed by atoms with van der Waals surface area (Å²) in [7, 11) is -3.55. The Balaban J connectivity index is 2.44. The Morgan fingerprint density at radius 2 is 2.05 bits per heavy atom. The van der Waals surface area contributed by atoms with Crippen LogP contribution in [0.5, 0.6) is 0 Å². The number of halogens is 1. The maximum atomic E-state index is 12.8. The molecule has 1 saturated carbocycles. The van der Waals surface area contributed by atoms with E-state index in [0.29, 0.717) is 35.2 Å². The van der Waals surface area contributed by atoms with Crippen LogP contribution in [0.1, 0.15) is 30.9 Å². The van der Waals surface area contributed by atoms with Crippen molar-refractivity contribution in [3.8, 4) is 0 Å². The number of benzene rings is 1. The maximum Gasteiger partial charge on any atom is 0.243 e. The fraction of sp³-hybridized carbons (Fsp3) is 0.571. The number of hydrogen-bond acceptors (Lipinski definition) is 3. The van der Waals surface area contributed by atoms with Crippen molar-refractivity contribution in [1.82, 2.24) is 4.31 Å². The van der Waals surface area contributed by atoms with E-state index in [0.717, 1.165) is 12.8 Å². The highest BCUT2D eigenvalue weighted by Crippen LogP contribution is 2.33. The molecule has 0 spiro atoms. The minimum Gasteiger partial charge on any atom is -0.392 e. The van der Waals surface area contributed by atoms with Gasteiger partial charge in [-0.25, -0.2) is 8.42 Å². The van der Waals surface area contributed by atoms with Crippen molar-refractivity contribution >= 4 is 21.6 Å². The lowest BCUT2D eigenvalue weighted by Gasteiger charge is -2.22. The second kappa shape index (κ2) is 6.02. The summed E-state index contributed by atoms with van der Waals surface area (Å²) in [6.45, 7) is 4.34. The van der Waals surface area contributed by atoms with Crippen LogP contribution in [0.2, 0.25) is 5.02 Å². The summed E-state index contributed by atoms with van der Waals surface area (Å²) < 4.78 is 27.0. The van der Waals surface area contributed by atoms with Gasteiger partial charge in [0.25, 0.3) is 0 Å². The van der Waals surface area contributed by atoms with E-state index in [-0.39, 0.29) is 11.5 Å². The third-order valence-electron chi connectivity index (χ3n) is 3.73. The van der Waals surface area contributed by atoms with Gasteiger partial charge in [0.1, 0.15) is 0 Å². The van der Waals surface area contributed by atoms with Crippen molar-refractivity contribution in [3.63, 3.8) is 0 Å². The first-order valence-electron chi connectivity index (χ1n) is 6.80. The van der Waals surface area contributed by atoms with Gasteiger partial charge in [0.05, 0.1) is 11.5 Å². The number of sulfonamides is 1. The molecule has 0 amide bonds. The van der Waals surface area contributed by atoms with E-state index >= 15 is 0 Å². The Hall–Kier alpha value is -0.620. The Kier molecular flexibility index (Phi) is 4.74. The van der Waals surface area contributed by atoms with Crippen molar-refractivity contribution in [1.29, 1.82) is 0 Å². The van der Waals surface area contributed by atoms with Crippen molar-refractivity contribution < 1.29 is 13.5 Å². The predicted molar refractivity (Wildman–Crippen MR) is 79.3 cm³/mol. The third kappa shape index (κ3) is 3.17. The van der Waals surface area contributed by atoms with E-state index in [9.17, 15) is 13.5 Å². The largest absolute Gasteiger partial charge is 0.392 e. The molecule has 0 aliphatic heterocycles. The van der Waals surface area contributed by atoms with Gasteiger partial charge in [0.15, 0.2) is 0 Å². The number of aliphatic hydroxyl groups excluding tert-OH is 1. The van der Waals surface area contributed by atoms with Crippen LogP contribution in [0.4, 0.5) is 0 Å². The molecular formula is C14H20ClNO3S. The normalized spacial score (nSPS) is 15.8. The Morgan fingerprint density at radius 1 is 1.40 bits per heavy atom. The molecule has 20 heavy (non-hydrogen) atoms. The van der Waals surface area contributed by atoms with E-state index in [1.54, 1.807) is 13.0 Å². The zero-order valence-electron chi connectivity index (χ0n) is 11.8. The highest BCUT2D eigenvalue weighted by atomic mass is 35.5. The fourth-order valence-corrected chi connectivity index (χ4v) is 4.39. The third-order valence-corrected chi connectivity index (χ3v) is 6.02. The van der Waals surface area contributed by atoms with E-state index in [1.807, 2.05) is 6.92 Å². The van der Waals surface area contributed by atoms with E-state index in [2.05, 4.69) is 0 Å². The number of aliphatic hydroxyl groups is 1. The molecule has 1 aromatic rings. The van der Waals surface area contributed by atoms with E-state index < -0.39 is 10.0 Å². The van der Waals surface area contributed by atoms with Gasteiger partial charge in [-0.05, 0) is 48.9 Å². The van der Waals surface area contributed by atoms with Gasteiger partial charge in [-0.2, -0.15) is 4.31 Å². The van der Waals surface area contributed by atoms with Gasteiger partial charge in [-0.15, -0.1) is 0 Å². The SMILES string of the molecule is CCN(CC1CC1)S(=O)(=O)c1cc(Cl)cc(CO)c1C. The summed E-state index contributed by atoms with van der Waals surface area (Å²) in [4.78, 5) is 0.205. The second-order valence-corrected chi connectivity index (χ2v) is 7.59. The number of rotatable bonds is 6. The lowest BCUT2D eigenvalue weighted by atomic mass is 10.1. The van der Waals surface area contributed by atoms with Gasteiger partial charge in [0, 0.05) is 18.1 Å². The van der Waals surface area contributed by atoms with Crippen LogP contribution in [0, 0.1) is 12.8 Å². The Labute approximate surface area is 125 Å². The Morgan fingerprint density at radius 3 is 2.55 bits per heavy atom. The molecule has 6 heteroatoms. The summed E-state index contributed by atoms with van der Waals surface area (Å²) in [5, 5.41) is 9.65. The topological polar surface area (TPSA) is 57.6 Å². The first-order chi connectivity index (χ1) is 9.40. The molecule has 112 valence electrons. The van der Waals surface area contributed by atoms with E-state index in [4.69, 9.17) is 11.6 Å². The molecule has 0 unspecified atom stereocenters. The van der Waals surface area contributed by atoms with Crippen molar-refractivity contribution in [3.05, 3.63) is 28.3 Å². The molecule has 1 N–H and O–H groups in total. The average molecular weight is 318 g/mol. The summed E-state index contributed by atoms with van der Waals surface area (Å²) in [5.41, 5.74) is 1.13. The first kappa shape index (κ1) is 15.8. The Bertz CT molecular complexity index is 597. The summed E-state index contributed by atoms with van der Waals surface area (Å²) in [5.74, 6) is 0.488. The van der Waals surface area contributed by atoms with Gasteiger partial charge in [-0.3, -0.25) is 0 Å². The fourth-order valence-electron chi connectivity index (χ4n) is 2.26. The summed E-state index contributed by atoms with van der Waals surface area (Å²) in [6, 6.07) is 3.08. The van der Waals surface area contributed by atoms with Crippen molar-refractivity contribution in [2.24, 2.45) is 5.92 Å². The zero-order chi connectivity index (χ0) is 14.9. The molecule has 0 bridgehead atoms. The summed E-state index contributed by atoms with van der Waals surface area (Å²) in [6.07, 6.45) is 2.20. The van der Waals surface area contributed by atoms with Crippen LogP contribution in [-0.4, -0.2) is 30.9 Å². The molecular weight excluding hydrogens is 298 g/mol. The van der Waals surface area contributed by atoms with E-state index in [1.165, 1.54) is 10.4 Å². The van der Waals surface area contributed by atoms with Gasteiger partial charge < -0.3 is 5.11 Å². The van der Waals surface area contributed by atoms with Crippen LogP contribution in [0.25, 0.3) is 0 Å². The van der Waals surface area contributed by atoms with Crippen LogP contribution in [0.15, 0.2) is 17.0 Å². The lowest BCUT2D eigenvalue weighted by molar-refractivity contribution is 0.280. The predicted octanol–water partition coefficient (Wildman–Crippen LogP) is 2.56. The lowest BCUT2D eigenvalue weighted by Crippen LogP contribution is -2.33. The monoisotopic (exact) mass is 317 g/mol. The molecule has 0 atom stereocenters. The van der Waals surface area contributed by atoms with Crippen LogP contribution < -0.4 is 0 Å². The molecule has 2 rings (SSSR count). The second-order valence-electron chi connectivity index (χ2n) is 5.25. The smallest absolute Gasteiger partial charge is 0.243 e. The molecule has 1 aliphatic rings. The van der Waals surface area contributed by atoms with Crippen molar-refractivity contribution in [2.45, 2.75) is 38.2 Å². The van der Waals surface area contributed by atoms with Gasteiger partial charge in [0.2, 0.25) is 10.0 Å². The standard InChI is InChI=1S/C14H20ClNO3S/c1-3-16(8-11-4-5-11)20(18,19)14-7-13(15)6-12(9-17)10(14)2/h6-7,11,17H,3-5,8-9H2,1-2H3. The zero-order valence-corrected chi connectivity index (χ0v) is 13.3. The molecule has 1 aliphatic carbocycles. The van der Waals surface area contributed by atoms with Crippen LogP contribution in [-0.2, 0) is 16.6 Å². The number of nitrogens with zero attached hydrogens (tertiary/aromatic N) is 1. The molecule has 0 saturated heterocycles. The van der Waals surface area contributed by atoms with Gasteiger partial charge in [-0.1, -0.05) is 18.5 Å². The molecule has 1 fully saturated rings. The molecule has 4 nitrogen and oxygen atoms in total. The first-order valence-corrected chi connectivity index (χ1v) is 8.62.